The highest BCUT2D eigenvalue weighted by molar-refractivity contribution is 5.40. The summed E-state index contributed by atoms with van der Waals surface area (Å²) in [5, 5.41) is 13.7. The van der Waals surface area contributed by atoms with Crippen LogP contribution >= 0.6 is 0 Å². The van der Waals surface area contributed by atoms with Crippen molar-refractivity contribution in [3.8, 4) is 5.75 Å². The SMILES string of the molecule is Cc1cc(F)c(O)c([C@@H](C2CCCCC2)N2CCNCC2)c1. The summed E-state index contributed by atoms with van der Waals surface area (Å²) >= 11 is 0. The van der Waals surface area contributed by atoms with Crippen LogP contribution < -0.4 is 5.32 Å². The Morgan fingerprint density at radius 2 is 1.86 bits per heavy atom. The molecule has 1 aliphatic heterocycles. The van der Waals surface area contributed by atoms with Gasteiger partial charge in [0.05, 0.1) is 0 Å². The summed E-state index contributed by atoms with van der Waals surface area (Å²) in [4.78, 5) is 2.44. The zero-order valence-corrected chi connectivity index (χ0v) is 13.4. The van der Waals surface area contributed by atoms with Crippen molar-refractivity contribution in [1.82, 2.24) is 10.2 Å². The van der Waals surface area contributed by atoms with Gasteiger partial charge in [0.2, 0.25) is 0 Å². The summed E-state index contributed by atoms with van der Waals surface area (Å²) in [7, 11) is 0. The molecule has 1 saturated heterocycles. The predicted molar refractivity (Wildman–Crippen MR) is 86.6 cm³/mol. The largest absolute Gasteiger partial charge is 0.505 e. The quantitative estimate of drug-likeness (QED) is 0.899. The molecule has 1 heterocycles. The molecule has 1 aromatic rings. The molecule has 0 bridgehead atoms. The van der Waals surface area contributed by atoms with Crippen LogP contribution in [0.4, 0.5) is 4.39 Å². The molecule has 3 nitrogen and oxygen atoms in total. The average molecular weight is 306 g/mol. The topological polar surface area (TPSA) is 35.5 Å². The van der Waals surface area contributed by atoms with E-state index in [4.69, 9.17) is 0 Å². The van der Waals surface area contributed by atoms with Gasteiger partial charge in [-0.15, -0.1) is 0 Å². The van der Waals surface area contributed by atoms with Gasteiger partial charge in [-0.1, -0.05) is 25.3 Å². The molecule has 3 rings (SSSR count). The van der Waals surface area contributed by atoms with Crippen molar-refractivity contribution in [1.29, 1.82) is 0 Å². The number of phenols is 1. The van der Waals surface area contributed by atoms with E-state index < -0.39 is 5.82 Å². The van der Waals surface area contributed by atoms with E-state index in [9.17, 15) is 9.50 Å². The molecule has 1 atom stereocenters. The Balaban J connectivity index is 1.96. The Kier molecular flexibility index (Phi) is 4.99. The normalized spacial score (nSPS) is 22.6. The minimum atomic E-state index is -0.481. The molecule has 0 spiro atoms. The van der Waals surface area contributed by atoms with E-state index in [1.54, 1.807) is 0 Å². The van der Waals surface area contributed by atoms with Crippen molar-refractivity contribution in [3.05, 3.63) is 29.1 Å². The zero-order valence-electron chi connectivity index (χ0n) is 13.4. The molecule has 2 fully saturated rings. The fourth-order valence-corrected chi connectivity index (χ4v) is 4.15. The lowest BCUT2D eigenvalue weighted by molar-refractivity contribution is 0.101. The second kappa shape index (κ2) is 6.97. The average Bonchev–Trinajstić information content (AvgIpc) is 2.54. The van der Waals surface area contributed by atoms with Crippen molar-refractivity contribution in [2.75, 3.05) is 26.2 Å². The maximum absolute atomic E-state index is 14.1. The number of aromatic hydroxyl groups is 1. The lowest BCUT2D eigenvalue weighted by atomic mass is 9.79. The summed E-state index contributed by atoms with van der Waals surface area (Å²) < 4.78 is 14.1. The number of halogens is 1. The first-order chi connectivity index (χ1) is 10.7. The molecule has 1 aromatic carbocycles. The Labute approximate surface area is 132 Å². The van der Waals surface area contributed by atoms with Crippen molar-refractivity contribution in [2.45, 2.75) is 45.1 Å². The van der Waals surface area contributed by atoms with E-state index in [2.05, 4.69) is 10.2 Å². The van der Waals surface area contributed by atoms with Crippen LogP contribution in [0.5, 0.6) is 5.75 Å². The van der Waals surface area contributed by atoms with Crippen molar-refractivity contribution < 1.29 is 9.50 Å². The number of benzene rings is 1. The third-order valence-corrected chi connectivity index (χ3v) is 5.20. The van der Waals surface area contributed by atoms with E-state index in [0.717, 1.165) is 37.3 Å². The second-order valence-corrected chi connectivity index (χ2v) is 6.81. The van der Waals surface area contributed by atoms with Crippen LogP contribution in [0.1, 0.15) is 49.3 Å². The number of nitrogens with one attached hydrogen (secondary N) is 1. The number of hydrogen-bond donors (Lipinski definition) is 2. The fourth-order valence-electron chi connectivity index (χ4n) is 4.15. The van der Waals surface area contributed by atoms with Gasteiger partial charge in [0.25, 0.3) is 0 Å². The van der Waals surface area contributed by atoms with Gasteiger partial charge in [-0.25, -0.2) is 4.39 Å². The number of hydrogen-bond acceptors (Lipinski definition) is 3. The molecule has 1 saturated carbocycles. The van der Waals surface area contributed by atoms with E-state index in [-0.39, 0.29) is 11.8 Å². The van der Waals surface area contributed by atoms with Crippen LogP contribution in [0.25, 0.3) is 0 Å². The van der Waals surface area contributed by atoms with Gasteiger partial charge in [0.15, 0.2) is 11.6 Å². The Morgan fingerprint density at radius 1 is 1.18 bits per heavy atom. The second-order valence-electron chi connectivity index (χ2n) is 6.81. The minimum Gasteiger partial charge on any atom is -0.505 e. The van der Waals surface area contributed by atoms with E-state index in [1.165, 1.54) is 38.2 Å². The van der Waals surface area contributed by atoms with Gasteiger partial charge in [-0.05, 0) is 37.3 Å². The van der Waals surface area contributed by atoms with Crippen molar-refractivity contribution >= 4 is 0 Å². The van der Waals surface area contributed by atoms with E-state index in [1.807, 2.05) is 13.0 Å². The summed E-state index contributed by atoms with van der Waals surface area (Å²) in [5.41, 5.74) is 1.69. The maximum atomic E-state index is 14.1. The molecule has 4 heteroatoms. The third kappa shape index (κ3) is 3.28. The van der Waals surface area contributed by atoms with Gasteiger partial charge in [-0.2, -0.15) is 0 Å². The Bertz CT molecular complexity index is 490. The van der Waals surface area contributed by atoms with Crippen LogP contribution in [-0.4, -0.2) is 36.2 Å². The third-order valence-electron chi connectivity index (χ3n) is 5.20. The lowest BCUT2D eigenvalue weighted by Gasteiger charge is -2.41. The van der Waals surface area contributed by atoms with Crippen LogP contribution in [0, 0.1) is 18.7 Å². The molecule has 0 aromatic heterocycles. The Morgan fingerprint density at radius 3 is 2.55 bits per heavy atom. The van der Waals surface area contributed by atoms with Crippen LogP contribution in [-0.2, 0) is 0 Å². The number of piperazine rings is 1. The molecule has 0 unspecified atom stereocenters. The van der Waals surface area contributed by atoms with E-state index in [0.29, 0.717) is 5.92 Å². The van der Waals surface area contributed by atoms with Crippen molar-refractivity contribution in [2.24, 2.45) is 5.92 Å². The molecule has 0 radical (unpaired) electrons. The molecular weight excluding hydrogens is 279 g/mol. The first-order valence-corrected chi connectivity index (χ1v) is 8.60. The number of nitrogens with zero attached hydrogens (tertiary/aromatic N) is 1. The summed E-state index contributed by atoms with van der Waals surface area (Å²) in [5.74, 6) is -0.0930. The lowest BCUT2D eigenvalue weighted by Crippen LogP contribution is -2.47. The van der Waals surface area contributed by atoms with Gasteiger partial charge in [0.1, 0.15) is 0 Å². The van der Waals surface area contributed by atoms with Crippen LogP contribution in [0.15, 0.2) is 12.1 Å². The van der Waals surface area contributed by atoms with Crippen LogP contribution in [0.2, 0.25) is 0 Å². The van der Waals surface area contributed by atoms with E-state index >= 15 is 0 Å². The predicted octanol–water partition coefficient (Wildman–Crippen LogP) is 3.37. The molecule has 0 amide bonds. The van der Waals surface area contributed by atoms with Gasteiger partial charge >= 0.3 is 0 Å². The molecule has 1 aliphatic carbocycles. The van der Waals surface area contributed by atoms with Gasteiger partial charge < -0.3 is 10.4 Å². The summed E-state index contributed by atoms with van der Waals surface area (Å²) in [6.45, 7) is 5.78. The highest BCUT2D eigenvalue weighted by Gasteiger charge is 2.33. The number of rotatable bonds is 3. The van der Waals surface area contributed by atoms with Gasteiger partial charge in [0, 0.05) is 37.8 Å². The molecular formula is C18H27FN2O. The zero-order chi connectivity index (χ0) is 15.5. The summed E-state index contributed by atoms with van der Waals surface area (Å²) in [6, 6.07) is 3.56. The minimum absolute atomic E-state index is 0.139. The highest BCUT2D eigenvalue weighted by atomic mass is 19.1. The maximum Gasteiger partial charge on any atom is 0.165 e. The molecule has 2 N–H and O–H groups in total. The summed E-state index contributed by atoms with van der Waals surface area (Å²) in [6.07, 6.45) is 6.18. The van der Waals surface area contributed by atoms with Crippen molar-refractivity contribution in [3.63, 3.8) is 0 Å². The number of aryl methyl sites for hydroxylation is 1. The fraction of sp³-hybridized carbons (Fsp3) is 0.667. The smallest absolute Gasteiger partial charge is 0.165 e. The molecule has 22 heavy (non-hydrogen) atoms. The first-order valence-electron chi connectivity index (χ1n) is 8.60. The highest BCUT2D eigenvalue weighted by Crippen LogP contribution is 2.42. The monoisotopic (exact) mass is 306 g/mol. The molecule has 2 aliphatic rings. The number of phenolic OH excluding ortho intramolecular Hbond substituents is 1. The standard InChI is InChI=1S/C18H27FN2O/c1-13-11-15(18(22)16(19)12-13)17(14-5-3-2-4-6-14)21-9-7-20-8-10-21/h11-12,14,17,20,22H,2-10H2,1H3/t17-/m1/s1. The van der Waals surface area contributed by atoms with Gasteiger partial charge in [-0.3, -0.25) is 4.90 Å². The molecule has 122 valence electrons. The Hall–Kier alpha value is -1.13. The first kappa shape index (κ1) is 15.8. The van der Waals surface area contributed by atoms with Crippen LogP contribution in [0.3, 0.4) is 0 Å².